The fourth-order valence-electron chi connectivity index (χ4n) is 6.54. The summed E-state index contributed by atoms with van der Waals surface area (Å²) in [5.74, 6) is 0.226. The zero-order valence-electron chi connectivity index (χ0n) is 25.0. The Morgan fingerprint density at radius 2 is 1.11 bits per heavy atom. The second-order valence-electron chi connectivity index (χ2n) is 11.6. The van der Waals surface area contributed by atoms with Crippen LogP contribution in [0.4, 0.5) is 11.4 Å². The van der Waals surface area contributed by atoms with Crippen molar-refractivity contribution < 1.29 is 23.2 Å². The van der Waals surface area contributed by atoms with Gasteiger partial charge in [0.1, 0.15) is 0 Å². The van der Waals surface area contributed by atoms with Crippen LogP contribution in [-0.2, 0) is 14.2 Å². The van der Waals surface area contributed by atoms with Crippen LogP contribution in [0.15, 0.2) is 127 Å². The summed E-state index contributed by atoms with van der Waals surface area (Å²) < 4.78 is 25.7. The first kappa shape index (κ1) is 31.8. The fraction of sp³-hybridized carbons (Fsp3) is 0.111. The van der Waals surface area contributed by atoms with E-state index in [0.717, 1.165) is 27.0 Å². The van der Waals surface area contributed by atoms with E-state index in [-0.39, 0.29) is 35.4 Å². The third-order valence-electron chi connectivity index (χ3n) is 8.67. The van der Waals surface area contributed by atoms with E-state index in [2.05, 4.69) is 78.5 Å². The number of alkyl halides is 1. The molecular formula is C36H30Br2N2O5P2. The summed E-state index contributed by atoms with van der Waals surface area (Å²) in [6, 6.07) is 41.3. The van der Waals surface area contributed by atoms with Crippen molar-refractivity contribution in [2.75, 3.05) is 28.3 Å². The summed E-state index contributed by atoms with van der Waals surface area (Å²) in [5, 5.41) is 5.67. The third kappa shape index (κ3) is 5.74. The van der Waals surface area contributed by atoms with Crippen molar-refractivity contribution in [3.05, 3.63) is 139 Å². The molecule has 2 unspecified atom stereocenters. The van der Waals surface area contributed by atoms with Crippen LogP contribution in [0, 0.1) is 0 Å². The summed E-state index contributed by atoms with van der Waals surface area (Å²) >= 11 is 7.48. The topological polar surface area (TPSA) is 93.7 Å². The molecule has 5 aromatic rings. The molecule has 2 N–H and O–H groups in total. The summed E-state index contributed by atoms with van der Waals surface area (Å²) in [6.45, 7) is 0. The minimum absolute atomic E-state index is 0.158. The predicted molar refractivity (Wildman–Crippen MR) is 198 cm³/mol. The molecule has 7 rings (SSSR count). The molecule has 2 amide bonds. The first-order valence-electron chi connectivity index (χ1n) is 15.0. The average molecular weight is 792 g/mol. The summed E-state index contributed by atoms with van der Waals surface area (Å²) in [6.07, 6.45) is 0.363. The van der Waals surface area contributed by atoms with Crippen LogP contribution in [0.25, 0.3) is 0 Å². The van der Waals surface area contributed by atoms with Gasteiger partial charge in [0.25, 0.3) is 0 Å². The molecule has 7 nitrogen and oxygen atoms in total. The number of carbonyl (C=O) groups is 2. The summed E-state index contributed by atoms with van der Waals surface area (Å²) in [4.78, 5) is 26.1. The number of benzene rings is 5. The van der Waals surface area contributed by atoms with Crippen molar-refractivity contribution in [2.45, 2.75) is 5.92 Å². The van der Waals surface area contributed by atoms with Crippen LogP contribution < -0.4 is 35.6 Å². The van der Waals surface area contributed by atoms with E-state index in [9.17, 15) is 14.2 Å². The van der Waals surface area contributed by atoms with Gasteiger partial charge in [0.15, 0.2) is 0 Å². The Morgan fingerprint density at radius 3 is 1.53 bits per heavy atom. The molecule has 5 aromatic carbocycles. The Bertz CT molecular complexity index is 1950. The number of rotatable bonds is 8. The van der Waals surface area contributed by atoms with Crippen LogP contribution in [-0.4, -0.2) is 29.5 Å². The van der Waals surface area contributed by atoms with Crippen molar-refractivity contribution in [2.24, 2.45) is 0 Å². The molecule has 2 heterocycles. The van der Waals surface area contributed by atoms with Gasteiger partial charge in [0.05, 0.1) is 5.33 Å². The maximum absolute atomic E-state index is 14.2. The Balaban J connectivity index is 1.23. The van der Waals surface area contributed by atoms with Crippen molar-refractivity contribution in [1.82, 2.24) is 0 Å². The van der Waals surface area contributed by atoms with Gasteiger partial charge >= 0.3 is 254 Å². The van der Waals surface area contributed by atoms with Gasteiger partial charge in [-0.3, -0.25) is 4.79 Å². The fourth-order valence-corrected chi connectivity index (χ4v) is 15.9. The number of carbonyl (C=O) groups excluding carboxylic acids is 2. The van der Waals surface area contributed by atoms with Crippen molar-refractivity contribution in [3.8, 4) is 11.5 Å². The predicted octanol–water partition coefficient (Wildman–Crippen LogP) is 7.91. The number of nitrogens with one attached hydrogen (secondary N) is 2. The van der Waals surface area contributed by atoms with E-state index in [1.54, 1.807) is 18.2 Å². The molecule has 0 aliphatic carbocycles. The summed E-state index contributed by atoms with van der Waals surface area (Å²) in [5.41, 5.74) is 2.79. The molecule has 0 aromatic heterocycles. The van der Waals surface area contributed by atoms with Gasteiger partial charge in [-0.25, -0.2) is 0 Å². The molecule has 238 valence electrons. The average Bonchev–Trinajstić information content (AvgIpc) is 3.08. The maximum atomic E-state index is 14.2. The van der Waals surface area contributed by atoms with Gasteiger partial charge in [0, 0.05) is 0 Å². The van der Waals surface area contributed by atoms with Gasteiger partial charge in [-0.1, -0.05) is 15.9 Å². The van der Waals surface area contributed by atoms with Crippen molar-refractivity contribution in [3.63, 3.8) is 0 Å². The Labute approximate surface area is 289 Å². The van der Waals surface area contributed by atoms with E-state index in [1.807, 2.05) is 72.8 Å². The normalized spacial score (nSPS) is 18.6. The molecule has 2 bridgehead atoms. The molecule has 0 spiro atoms. The van der Waals surface area contributed by atoms with E-state index in [0.29, 0.717) is 22.9 Å². The zero-order valence-corrected chi connectivity index (χ0v) is 30.0. The van der Waals surface area contributed by atoms with Gasteiger partial charge in [-0.05, 0) is 0 Å². The quantitative estimate of drug-likeness (QED) is 0.123. The monoisotopic (exact) mass is 790 g/mol. The Morgan fingerprint density at radius 1 is 0.681 bits per heavy atom. The van der Waals surface area contributed by atoms with Crippen molar-refractivity contribution in [1.29, 1.82) is 0 Å². The first-order chi connectivity index (χ1) is 22.7. The Hall–Kier alpha value is -3.74. The first-order valence-corrected chi connectivity index (χ1v) is 22.3. The molecule has 2 aliphatic rings. The van der Waals surface area contributed by atoms with Crippen LogP contribution >= 0.6 is 44.3 Å². The SMILES string of the molecule is O=C(CBr)Nc1ccc2c(c1)OP1(=O)CC2c2ccc(NC(=O)CP(Br)(c3ccccc3)(c3ccccc3)c3ccccc3)cc2O1. The standard InChI is InChI=1S/C36H30Br2N2O5P2/c37-22-35(41)39-25-16-18-30-32-23-46(43,44-33(30)20-25)45-34-21-26(17-19-31(32)34)40-36(42)24-47(38,27-10-4-1-5-11-27,28-12-6-2-7-13-28)29-14-8-3-9-15-29/h1-21,32H,22-24H2,(H,39,41)(H,40,42). The van der Waals surface area contributed by atoms with Crippen molar-refractivity contribution >= 4 is 83.4 Å². The molecular weight excluding hydrogens is 762 g/mol. The number of anilines is 2. The minimum atomic E-state index is -3.54. The van der Waals surface area contributed by atoms with Crippen LogP contribution in [0.5, 0.6) is 11.5 Å². The summed E-state index contributed by atoms with van der Waals surface area (Å²) in [7, 11) is -3.54. The molecule has 47 heavy (non-hydrogen) atoms. The Kier molecular flexibility index (Phi) is 8.38. The molecule has 0 saturated carbocycles. The zero-order chi connectivity index (χ0) is 32.7. The molecule has 2 aliphatic heterocycles. The van der Waals surface area contributed by atoms with Crippen LogP contribution in [0.3, 0.4) is 0 Å². The van der Waals surface area contributed by atoms with Gasteiger partial charge in [-0.2, -0.15) is 0 Å². The van der Waals surface area contributed by atoms with E-state index in [1.165, 1.54) is 0 Å². The second kappa shape index (κ2) is 12.4. The molecule has 2 atom stereocenters. The third-order valence-corrected chi connectivity index (χ3v) is 20.4. The van der Waals surface area contributed by atoms with Crippen LogP contribution in [0.2, 0.25) is 0 Å². The van der Waals surface area contributed by atoms with E-state index in [4.69, 9.17) is 9.05 Å². The molecule has 0 fully saturated rings. The van der Waals surface area contributed by atoms with Gasteiger partial charge in [0.2, 0.25) is 5.91 Å². The number of halogens is 2. The van der Waals surface area contributed by atoms with Gasteiger partial charge in [-0.15, -0.1) is 0 Å². The number of fused-ring (bicyclic) bond motifs is 6. The number of hydrogen-bond donors (Lipinski definition) is 2. The van der Waals surface area contributed by atoms with E-state index >= 15 is 0 Å². The number of hydrogen-bond acceptors (Lipinski definition) is 5. The molecule has 11 heteroatoms. The van der Waals surface area contributed by atoms with Crippen LogP contribution in [0.1, 0.15) is 17.0 Å². The number of amides is 2. The second-order valence-corrected chi connectivity index (χ2v) is 23.1. The van der Waals surface area contributed by atoms with E-state index < -0.39 is 12.9 Å². The van der Waals surface area contributed by atoms with Gasteiger partial charge < -0.3 is 5.32 Å². The molecule has 0 saturated heterocycles. The molecule has 0 radical (unpaired) electrons.